The fourth-order valence-electron chi connectivity index (χ4n) is 2.50. The molecule has 142 valence electrons. The zero-order valence-electron chi connectivity index (χ0n) is 15.0. The van der Waals surface area contributed by atoms with Gasteiger partial charge in [-0.2, -0.15) is 0 Å². The van der Waals surface area contributed by atoms with Crippen molar-refractivity contribution in [3.63, 3.8) is 0 Å². The molecule has 0 unspecified atom stereocenters. The maximum absolute atomic E-state index is 12.7. The van der Waals surface area contributed by atoms with E-state index in [-0.39, 0.29) is 31.5 Å². The molecule has 0 aliphatic heterocycles. The quantitative estimate of drug-likeness (QED) is 0.400. The molecule has 0 saturated heterocycles. The van der Waals surface area contributed by atoms with Crippen LogP contribution in [0.15, 0.2) is 0 Å². The summed E-state index contributed by atoms with van der Waals surface area (Å²) in [5.41, 5.74) is 0. The molecular weight excluding hydrogens is 328 g/mol. The zero-order chi connectivity index (χ0) is 18.8. The van der Waals surface area contributed by atoms with Crippen LogP contribution in [0.2, 0.25) is 0 Å². The number of esters is 1. The molecule has 8 nitrogen and oxygen atoms in total. The summed E-state index contributed by atoms with van der Waals surface area (Å²) in [6, 6.07) is -1.26. The maximum Gasteiger partial charge on any atom is 0.325 e. The molecule has 25 heavy (non-hydrogen) atoms. The minimum Gasteiger partial charge on any atom is -0.481 e. The Bertz CT molecular complexity index is 490. The molecule has 0 heterocycles. The van der Waals surface area contributed by atoms with E-state index in [9.17, 15) is 19.2 Å². The van der Waals surface area contributed by atoms with Gasteiger partial charge in [0.15, 0.2) is 0 Å². The van der Waals surface area contributed by atoms with Crippen LogP contribution in [0.3, 0.4) is 0 Å². The number of nitrogens with one attached hydrogen (secondary N) is 1. The number of nitrogens with zero attached hydrogens (tertiary/aromatic N) is 1. The Morgan fingerprint density at radius 3 is 2.40 bits per heavy atom. The summed E-state index contributed by atoms with van der Waals surface area (Å²) in [6.07, 6.45) is 3.79. The highest BCUT2D eigenvalue weighted by Gasteiger charge is 2.38. The number of hydrogen-bond acceptors (Lipinski definition) is 5. The summed E-state index contributed by atoms with van der Waals surface area (Å²) in [5.74, 6) is -2.60. The van der Waals surface area contributed by atoms with Gasteiger partial charge >= 0.3 is 11.9 Å². The van der Waals surface area contributed by atoms with Crippen LogP contribution in [0.1, 0.15) is 58.8 Å². The third kappa shape index (κ3) is 8.00. The minimum atomic E-state index is -1.18. The average molecular weight is 356 g/mol. The molecule has 2 amide bonds. The van der Waals surface area contributed by atoms with E-state index in [1.165, 1.54) is 4.90 Å². The van der Waals surface area contributed by atoms with Gasteiger partial charge in [0.25, 0.3) is 0 Å². The number of hydrogen-bond donors (Lipinski definition) is 2. The predicted molar refractivity (Wildman–Crippen MR) is 89.7 cm³/mol. The number of carbonyl (C=O) groups is 4. The number of amides is 2. The van der Waals surface area contributed by atoms with Gasteiger partial charge in [-0.3, -0.25) is 19.2 Å². The summed E-state index contributed by atoms with van der Waals surface area (Å²) in [4.78, 5) is 48.8. The van der Waals surface area contributed by atoms with Crippen LogP contribution in [0.4, 0.5) is 0 Å². The molecule has 1 atom stereocenters. The van der Waals surface area contributed by atoms with Crippen molar-refractivity contribution in [2.45, 2.75) is 70.9 Å². The van der Waals surface area contributed by atoms with Crippen molar-refractivity contribution in [2.24, 2.45) is 0 Å². The van der Waals surface area contributed by atoms with Crippen molar-refractivity contribution in [1.82, 2.24) is 10.2 Å². The number of carboxylic acid groups (broad SMARTS) is 1. The van der Waals surface area contributed by atoms with Gasteiger partial charge < -0.3 is 20.1 Å². The SMILES string of the molecule is CCCCCC(=O)N[C@@H](CC(=O)O)C(=O)N(CC(=O)OCC)C1CC1. The molecule has 1 aliphatic rings. The van der Waals surface area contributed by atoms with Gasteiger partial charge in [0.1, 0.15) is 12.6 Å². The summed E-state index contributed by atoms with van der Waals surface area (Å²) < 4.78 is 4.87. The minimum absolute atomic E-state index is 0.0924. The lowest BCUT2D eigenvalue weighted by Gasteiger charge is -2.26. The molecule has 0 bridgehead atoms. The topological polar surface area (TPSA) is 113 Å². The van der Waals surface area contributed by atoms with Gasteiger partial charge in [-0.05, 0) is 26.2 Å². The molecular formula is C17H28N2O6. The first kappa shape index (κ1) is 20.9. The standard InChI is InChI=1S/C17H28N2O6/c1-3-5-6-7-14(20)18-13(10-15(21)22)17(24)19(12-8-9-12)11-16(23)25-4-2/h12-13H,3-11H2,1-2H3,(H,18,20)(H,21,22)/t13-/m0/s1. The number of carboxylic acids is 1. The second-order valence-electron chi connectivity index (χ2n) is 6.18. The number of aliphatic carboxylic acids is 1. The average Bonchev–Trinajstić information content (AvgIpc) is 3.36. The molecule has 8 heteroatoms. The second kappa shape index (κ2) is 10.7. The Labute approximate surface area is 147 Å². The molecule has 2 N–H and O–H groups in total. The van der Waals surface area contributed by atoms with Crippen LogP contribution in [-0.4, -0.2) is 59.0 Å². The Hall–Kier alpha value is -2.12. The first-order valence-electron chi connectivity index (χ1n) is 8.86. The summed E-state index contributed by atoms with van der Waals surface area (Å²) in [7, 11) is 0. The first-order chi connectivity index (χ1) is 11.9. The maximum atomic E-state index is 12.7. The van der Waals surface area contributed by atoms with Gasteiger partial charge in [-0.15, -0.1) is 0 Å². The van der Waals surface area contributed by atoms with E-state index in [1.807, 2.05) is 6.92 Å². The molecule has 0 radical (unpaired) electrons. The van der Waals surface area contributed by atoms with E-state index >= 15 is 0 Å². The van der Waals surface area contributed by atoms with E-state index in [4.69, 9.17) is 9.84 Å². The lowest BCUT2D eigenvalue weighted by molar-refractivity contribution is -0.151. The van der Waals surface area contributed by atoms with Crippen molar-refractivity contribution in [3.8, 4) is 0 Å². The largest absolute Gasteiger partial charge is 0.481 e. The second-order valence-corrected chi connectivity index (χ2v) is 6.18. The molecule has 0 spiro atoms. The monoisotopic (exact) mass is 356 g/mol. The fraction of sp³-hybridized carbons (Fsp3) is 0.765. The predicted octanol–water partition coefficient (Wildman–Crippen LogP) is 1.08. The normalized spacial score (nSPS) is 14.5. The first-order valence-corrected chi connectivity index (χ1v) is 8.86. The highest BCUT2D eigenvalue weighted by molar-refractivity contribution is 5.92. The molecule has 1 rings (SSSR count). The zero-order valence-corrected chi connectivity index (χ0v) is 15.0. The fourth-order valence-corrected chi connectivity index (χ4v) is 2.50. The molecule has 1 saturated carbocycles. The van der Waals surface area contributed by atoms with Crippen molar-refractivity contribution in [2.75, 3.05) is 13.2 Å². The molecule has 0 aromatic carbocycles. The van der Waals surface area contributed by atoms with Gasteiger partial charge in [0.2, 0.25) is 11.8 Å². The highest BCUT2D eigenvalue weighted by atomic mass is 16.5. The Morgan fingerprint density at radius 2 is 1.88 bits per heavy atom. The highest BCUT2D eigenvalue weighted by Crippen LogP contribution is 2.27. The summed E-state index contributed by atoms with van der Waals surface area (Å²) in [5, 5.41) is 11.6. The van der Waals surface area contributed by atoms with Crippen molar-refractivity contribution in [3.05, 3.63) is 0 Å². The molecule has 0 aromatic heterocycles. The third-order valence-electron chi connectivity index (χ3n) is 3.89. The van der Waals surface area contributed by atoms with Crippen molar-refractivity contribution >= 4 is 23.8 Å². The number of unbranched alkanes of at least 4 members (excludes halogenated alkanes) is 2. The van der Waals surface area contributed by atoms with Crippen LogP contribution >= 0.6 is 0 Å². The van der Waals surface area contributed by atoms with Gasteiger partial charge in [0, 0.05) is 12.5 Å². The van der Waals surface area contributed by atoms with E-state index in [0.29, 0.717) is 6.42 Å². The van der Waals surface area contributed by atoms with Gasteiger partial charge in [-0.25, -0.2) is 0 Å². The van der Waals surface area contributed by atoms with Crippen molar-refractivity contribution < 1.29 is 29.0 Å². The third-order valence-corrected chi connectivity index (χ3v) is 3.89. The van der Waals surface area contributed by atoms with Gasteiger partial charge in [-0.1, -0.05) is 19.8 Å². The number of ether oxygens (including phenoxy) is 1. The van der Waals surface area contributed by atoms with Crippen LogP contribution < -0.4 is 5.32 Å². The van der Waals surface area contributed by atoms with Gasteiger partial charge in [0.05, 0.1) is 13.0 Å². The molecule has 1 fully saturated rings. The van der Waals surface area contributed by atoms with E-state index < -0.39 is 30.3 Å². The van der Waals surface area contributed by atoms with Crippen molar-refractivity contribution in [1.29, 1.82) is 0 Å². The summed E-state index contributed by atoms with van der Waals surface area (Å²) >= 11 is 0. The molecule has 0 aromatic rings. The van der Waals surface area contributed by atoms with E-state index in [2.05, 4.69) is 5.32 Å². The van der Waals surface area contributed by atoms with Crippen LogP contribution in [0.25, 0.3) is 0 Å². The van der Waals surface area contributed by atoms with E-state index in [1.54, 1.807) is 6.92 Å². The Morgan fingerprint density at radius 1 is 1.20 bits per heavy atom. The number of rotatable bonds is 12. The number of carbonyl (C=O) groups excluding carboxylic acids is 3. The Balaban J connectivity index is 2.73. The van der Waals surface area contributed by atoms with Crippen LogP contribution in [0.5, 0.6) is 0 Å². The Kier molecular flexibility index (Phi) is 8.94. The lowest BCUT2D eigenvalue weighted by atomic mass is 10.1. The van der Waals surface area contributed by atoms with Crippen LogP contribution in [0, 0.1) is 0 Å². The van der Waals surface area contributed by atoms with Crippen LogP contribution in [-0.2, 0) is 23.9 Å². The smallest absolute Gasteiger partial charge is 0.325 e. The lowest BCUT2D eigenvalue weighted by Crippen LogP contribution is -2.51. The molecule has 1 aliphatic carbocycles. The van der Waals surface area contributed by atoms with E-state index in [0.717, 1.165) is 25.7 Å². The summed E-state index contributed by atoms with van der Waals surface area (Å²) in [6.45, 7) is 3.67.